The van der Waals surface area contributed by atoms with Crippen molar-refractivity contribution in [3.63, 3.8) is 0 Å². The first-order valence-electron chi connectivity index (χ1n) is 6.83. The number of ether oxygens (including phenoxy) is 1. The Balaban J connectivity index is 2.07. The van der Waals surface area contributed by atoms with E-state index in [2.05, 4.69) is 17.6 Å². The molecule has 4 heteroatoms. The van der Waals surface area contributed by atoms with Crippen LogP contribution in [0, 0.1) is 5.92 Å². The Morgan fingerprint density at radius 1 is 1.42 bits per heavy atom. The van der Waals surface area contributed by atoms with Gasteiger partial charge in [-0.1, -0.05) is 6.92 Å². The summed E-state index contributed by atoms with van der Waals surface area (Å²) in [6.45, 7) is 2.31. The summed E-state index contributed by atoms with van der Waals surface area (Å²) in [5.41, 5.74) is 2.22. The molecule has 1 saturated carbocycles. The molecule has 0 bridgehead atoms. The van der Waals surface area contributed by atoms with Crippen molar-refractivity contribution in [2.75, 3.05) is 13.0 Å². The number of aryl methyl sites for hydroxylation is 1. The molecule has 0 spiro atoms. The van der Waals surface area contributed by atoms with Crippen molar-refractivity contribution in [3.05, 3.63) is 24.0 Å². The molecule has 19 heavy (non-hydrogen) atoms. The largest absolute Gasteiger partial charge is 0.497 e. The van der Waals surface area contributed by atoms with Crippen LogP contribution in [0.25, 0.3) is 11.0 Å². The van der Waals surface area contributed by atoms with Crippen LogP contribution in [0.2, 0.25) is 0 Å². The van der Waals surface area contributed by atoms with Gasteiger partial charge in [0, 0.05) is 24.4 Å². The molecule has 1 fully saturated rings. The van der Waals surface area contributed by atoms with Gasteiger partial charge < -0.3 is 9.30 Å². The molecule has 1 aromatic heterocycles. The molecular formula is C15H19ClN2O. The average Bonchev–Trinajstić information content (AvgIpc) is 2.72. The van der Waals surface area contributed by atoms with E-state index in [1.165, 1.54) is 18.4 Å². The van der Waals surface area contributed by atoms with E-state index < -0.39 is 0 Å². The minimum atomic E-state index is 0.589. The third-order valence-corrected chi connectivity index (χ3v) is 4.19. The van der Waals surface area contributed by atoms with Crippen LogP contribution in [0.3, 0.4) is 0 Å². The fraction of sp³-hybridized carbons (Fsp3) is 0.533. The Hall–Kier alpha value is -1.22. The molecule has 1 aromatic carbocycles. The monoisotopic (exact) mass is 278 g/mol. The Kier molecular flexibility index (Phi) is 3.40. The quantitative estimate of drug-likeness (QED) is 0.796. The molecule has 0 unspecified atom stereocenters. The maximum Gasteiger partial charge on any atom is 0.121 e. The topological polar surface area (TPSA) is 27.1 Å². The summed E-state index contributed by atoms with van der Waals surface area (Å²) < 4.78 is 7.66. The minimum absolute atomic E-state index is 0.589. The maximum absolute atomic E-state index is 5.91. The predicted octanol–water partition coefficient (Wildman–Crippen LogP) is 3.80. The van der Waals surface area contributed by atoms with Gasteiger partial charge in [0.2, 0.25) is 0 Å². The Morgan fingerprint density at radius 3 is 2.84 bits per heavy atom. The van der Waals surface area contributed by atoms with Gasteiger partial charge in [-0.3, -0.25) is 0 Å². The average molecular weight is 279 g/mol. The summed E-state index contributed by atoms with van der Waals surface area (Å²) in [7, 11) is 1.69. The number of hydrogen-bond donors (Lipinski definition) is 0. The molecule has 0 amide bonds. The van der Waals surface area contributed by atoms with Crippen LogP contribution in [0.1, 0.15) is 31.6 Å². The summed E-state index contributed by atoms with van der Waals surface area (Å²) in [5.74, 6) is 3.40. The number of rotatable bonds is 4. The van der Waals surface area contributed by atoms with Crippen LogP contribution in [-0.4, -0.2) is 22.5 Å². The summed E-state index contributed by atoms with van der Waals surface area (Å²) in [6.07, 6.45) is 3.31. The number of imidazole rings is 1. The molecular weight excluding hydrogens is 260 g/mol. The number of methoxy groups -OCH3 is 1. The zero-order valence-electron chi connectivity index (χ0n) is 11.4. The molecule has 0 saturated heterocycles. The van der Waals surface area contributed by atoms with Crippen LogP contribution in [0.15, 0.2) is 18.2 Å². The van der Waals surface area contributed by atoms with E-state index in [9.17, 15) is 0 Å². The highest BCUT2D eigenvalue weighted by molar-refractivity contribution is 6.17. The first kappa shape index (κ1) is 12.8. The van der Waals surface area contributed by atoms with E-state index in [1.54, 1.807) is 7.11 Å². The van der Waals surface area contributed by atoms with Gasteiger partial charge in [0.25, 0.3) is 0 Å². The zero-order valence-corrected chi connectivity index (χ0v) is 12.2. The lowest BCUT2D eigenvalue weighted by Crippen LogP contribution is -2.26. The molecule has 102 valence electrons. The van der Waals surface area contributed by atoms with Crippen molar-refractivity contribution in [2.24, 2.45) is 5.92 Å². The van der Waals surface area contributed by atoms with Gasteiger partial charge in [-0.15, -0.1) is 11.6 Å². The summed E-state index contributed by atoms with van der Waals surface area (Å²) in [4.78, 5) is 4.74. The second-order valence-corrected chi connectivity index (χ2v) is 5.80. The number of halogens is 1. The molecule has 0 atom stereocenters. The number of hydrogen-bond acceptors (Lipinski definition) is 2. The maximum atomic E-state index is 5.91. The minimum Gasteiger partial charge on any atom is -0.497 e. The molecule has 3 nitrogen and oxygen atoms in total. The van der Waals surface area contributed by atoms with Crippen molar-refractivity contribution in [3.8, 4) is 5.75 Å². The Bertz CT molecular complexity index is 587. The molecule has 1 aliphatic carbocycles. The SMILES string of the molecule is COc1ccc2c(c1)nc(CCCl)n2C1CC(C)C1. The molecule has 2 aromatic rings. The lowest BCUT2D eigenvalue weighted by atomic mass is 9.81. The van der Waals surface area contributed by atoms with Crippen molar-refractivity contribution in [2.45, 2.75) is 32.2 Å². The zero-order chi connectivity index (χ0) is 13.4. The smallest absolute Gasteiger partial charge is 0.121 e. The predicted molar refractivity (Wildman–Crippen MR) is 78.1 cm³/mol. The van der Waals surface area contributed by atoms with Crippen LogP contribution in [0.4, 0.5) is 0 Å². The molecule has 0 aliphatic heterocycles. The van der Waals surface area contributed by atoms with Gasteiger partial charge in [0.05, 0.1) is 18.1 Å². The van der Waals surface area contributed by atoms with E-state index in [0.29, 0.717) is 11.9 Å². The van der Waals surface area contributed by atoms with Crippen molar-refractivity contribution in [1.29, 1.82) is 0 Å². The lowest BCUT2D eigenvalue weighted by Gasteiger charge is -2.35. The number of benzene rings is 1. The Morgan fingerprint density at radius 2 is 2.21 bits per heavy atom. The van der Waals surface area contributed by atoms with Crippen molar-refractivity contribution in [1.82, 2.24) is 9.55 Å². The van der Waals surface area contributed by atoms with E-state index in [4.69, 9.17) is 21.3 Å². The van der Waals surface area contributed by atoms with Crippen molar-refractivity contribution < 1.29 is 4.74 Å². The van der Waals surface area contributed by atoms with Crippen LogP contribution in [-0.2, 0) is 6.42 Å². The molecule has 0 N–H and O–H groups in total. The van der Waals surface area contributed by atoms with Gasteiger partial charge >= 0.3 is 0 Å². The van der Waals surface area contributed by atoms with Gasteiger partial charge in [-0.25, -0.2) is 4.98 Å². The second-order valence-electron chi connectivity index (χ2n) is 5.42. The third-order valence-electron chi connectivity index (χ3n) is 4.00. The highest BCUT2D eigenvalue weighted by Gasteiger charge is 2.29. The number of nitrogens with zero attached hydrogens (tertiary/aromatic N) is 2. The van der Waals surface area contributed by atoms with Crippen molar-refractivity contribution >= 4 is 22.6 Å². The molecule has 1 heterocycles. The second kappa shape index (κ2) is 5.04. The molecule has 0 radical (unpaired) electrons. The highest BCUT2D eigenvalue weighted by atomic mass is 35.5. The van der Waals surface area contributed by atoms with E-state index in [-0.39, 0.29) is 0 Å². The standard InChI is InChI=1S/C15H19ClN2O/c1-10-7-11(8-10)18-14-4-3-12(19-2)9-13(14)17-15(18)5-6-16/h3-4,9-11H,5-8H2,1-2H3. The third kappa shape index (κ3) is 2.20. The van der Waals surface area contributed by atoms with Gasteiger partial charge in [-0.05, 0) is 30.9 Å². The summed E-state index contributed by atoms with van der Waals surface area (Å²) >= 11 is 5.91. The molecule has 1 aliphatic rings. The highest BCUT2D eigenvalue weighted by Crippen LogP contribution is 2.40. The van der Waals surface area contributed by atoms with Gasteiger partial charge in [-0.2, -0.15) is 0 Å². The van der Waals surface area contributed by atoms with Crippen LogP contribution < -0.4 is 4.74 Å². The van der Waals surface area contributed by atoms with Crippen LogP contribution in [0.5, 0.6) is 5.75 Å². The molecule has 3 rings (SSSR count). The Labute approximate surface area is 118 Å². The normalized spacial score (nSPS) is 22.5. The van der Waals surface area contributed by atoms with Gasteiger partial charge in [0.1, 0.15) is 11.6 Å². The number of alkyl halides is 1. The fourth-order valence-electron chi connectivity index (χ4n) is 2.99. The fourth-order valence-corrected chi connectivity index (χ4v) is 3.16. The van der Waals surface area contributed by atoms with E-state index >= 15 is 0 Å². The lowest BCUT2D eigenvalue weighted by molar-refractivity contribution is 0.217. The van der Waals surface area contributed by atoms with Crippen LogP contribution >= 0.6 is 11.6 Å². The first-order chi connectivity index (χ1) is 9.22. The first-order valence-corrected chi connectivity index (χ1v) is 7.37. The van der Waals surface area contributed by atoms with E-state index in [1.807, 2.05) is 12.1 Å². The number of aromatic nitrogens is 2. The van der Waals surface area contributed by atoms with E-state index in [0.717, 1.165) is 29.4 Å². The summed E-state index contributed by atoms with van der Waals surface area (Å²) in [6, 6.07) is 6.72. The summed E-state index contributed by atoms with van der Waals surface area (Å²) in [5, 5.41) is 0. The van der Waals surface area contributed by atoms with Gasteiger partial charge in [0.15, 0.2) is 0 Å². The number of fused-ring (bicyclic) bond motifs is 1.